The summed E-state index contributed by atoms with van der Waals surface area (Å²) in [6.45, 7) is 9.33. The molecule has 0 spiro atoms. The van der Waals surface area contributed by atoms with Crippen molar-refractivity contribution in [2.75, 3.05) is 31.1 Å². The molecule has 20 heavy (non-hydrogen) atoms. The summed E-state index contributed by atoms with van der Waals surface area (Å²) < 4.78 is 38.0. The van der Waals surface area contributed by atoms with Crippen LogP contribution in [0.15, 0.2) is 12.3 Å². The molecule has 7 heteroatoms. The highest BCUT2D eigenvalue weighted by Crippen LogP contribution is 2.30. The van der Waals surface area contributed by atoms with Crippen LogP contribution in [0.5, 0.6) is 0 Å². The molecule has 0 N–H and O–H groups in total. The third kappa shape index (κ3) is 3.39. The lowest BCUT2D eigenvalue weighted by Gasteiger charge is -2.42. The second-order valence-corrected chi connectivity index (χ2v) is 5.95. The summed E-state index contributed by atoms with van der Waals surface area (Å²) in [7, 11) is 0. The Labute approximate surface area is 116 Å². The molecule has 0 bridgehead atoms. The quantitative estimate of drug-likeness (QED) is 0.794. The van der Waals surface area contributed by atoms with E-state index < -0.39 is 11.7 Å². The van der Waals surface area contributed by atoms with Gasteiger partial charge in [0.15, 0.2) is 5.82 Å². The minimum Gasteiger partial charge on any atom is -0.353 e. The second-order valence-electron chi connectivity index (χ2n) is 5.95. The van der Waals surface area contributed by atoms with E-state index in [1.807, 2.05) is 4.90 Å². The van der Waals surface area contributed by atoms with Crippen molar-refractivity contribution in [1.82, 2.24) is 15.1 Å². The SMILES string of the molecule is CC(C)(C)N1CCN(c2cc(C(F)(F)F)cnn2)CC1. The summed E-state index contributed by atoms with van der Waals surface area (Å²) in [5.41, 5.74) is -0.674. The van der Waals surface area contributed by atoms with Gasteiger partial charge < -0.3 is 4.90 Å². The lowest BCUT2D eigenvalue weighted by molar-refractivity contribution is -0.137. The molecule has 2 rings (SSSR count). The largest absolute Gasteiger partial charge is 0.418 e. The van der Waals surface area contributed by atoms with Crippen LogP contribution in [-0.4, -0.2) is 46.8 Å². The standard InChI is InChI=1S/C13H19F3N4/c1-12(2,3)20-6-4-19(5-7-20)11-8-10(9-17-18-11)13(14,15)16/h8-9H,4-7H2,1-3H3. The van der Waals surface area contributed by atoms with E-state index in [1.54, 1.807) is 0 Å². The van der Waals surface area contributed by atoms with Gasteiger partial charge in [-0.3, -0.25) is 4.90 Å². The van der Waals surface area contributed by atoms with Crippen LogP contribution >= 0.6 is 0 Å². The van der Waals surface area contributed by atoms with Crippen molar-refractivity contribution in [1.29, 1.82) is 0 Å². The molecule has 0 aliphatic carbocycles. The van der Waals surface area contributed by atoms with Crippen LogP contribution in [0.2, 0.25) is 0 Å². The van der Waals surface area contributed by atoms with E-state index in [-0.39, 0.29) is 5.54 Å². The summed E-state index contributed by atoms with van der Waals surface area (Å²) in [6, 6.07) is 1.07. The maximum absolute atomic E-state index is 12.7. The lowest BCUT2D eigenvalue weighted by atomic mass is 10.0. The number of halogens is 3. The lowest BCUT2D eigenvalue weighted by Crippen LogP contribution is -2.53. The highest BCUT2D eigenvalue weighted by Gasteiger charge is 2.32. The van der Waals surface area contributed by atoms with E-state index in [0.717, 1.165) is 25.4 Å². The van der Waals surface area contributed by atoms with Crippen LogP contribution in [0.3, 0.4) is 0 Å². The first kappa shape index (κ1) is 15.0. The van der Waals surface area contributed by atoms with Gasteiger partial charge in [-0.15, -0.1) is 5.10 Å². The van der Waals surface area contributed by atoms with Crippen molar-refractivity contribution in [3.05, 3.63) is 17.8 Å². The normalized spacial score (nSPS) is 18.4. The monoisotopic (exact) mass is 288 g/mol. The van der Waals surface area contributed by atoms with Crippen LogP contribution < -0.4 is 4.90 Å². The molecule has 0 amide bonds. The Morgan fingerprint density at radius 2 is 1.65 bits per heavy atom. The number of alkyl halides is 3. The average molecular weight is 288 g/mol. The van der Waals surface area contributed by atoms with Crippen molar-refractivity contribution < 1.29 is 13.2 Å². The number of anilines is 1. The number of piperazine rings is 1. The third-order valence-electron chi connectivity index (χ3n) is 3.52. The van der Waals surface area contributed by atoms with E-state index in [4.69, 9.17) is 0 Å². The van der Waals surface area contributed by atoms with Gasteiger partial charge in [0.05, 0.1) is 11.8 Å². The van der Waals surface area contributed by atoms with Gasteiger partial charge in [0.1, 0.15) is 0 Å². The van der Waals surface area contributed by atoms with Gasteiger partial charge in [-0.25, -0.2) is 0 Å². The number of nitrogens with zero attached hydrogens (tertiary/aromatic N) is 4. The Morgan fingerprint density at radius 3 is 2.15 bits per heavy atom. The second kappa shape index (κ2) is 5.20. The summed E-state index contributed by atoms with van der Waals surface area (Å²) in [5, 5.41) is 7.29. The van der Waals surface area contributed by atoms with Gasteiger partial charge in [0, 0.05) is 31.7 Å². The average Bonchev–Trinajstić information content (AvgIpc) is 2.37. The van der Waals surface area contributed by atoms with Gasteiger partial charge >= 0.3 is 6.18 Å². The number of hydrogen-bond donors (Lipinski definition) is 0. The van der Waals surface area contributed by atoms with Crippen LogP contribution in [0.4, 0.5) is 19.0 Å². The highest BCUT2D eigenvalue weighted by atomic mass is 19.4. The Kier molecular flexibility index (Phi) is 3.90. The summed E-state index contributed by atoms with van der Waals surface area (Å²) >= 11 is 0. The fourth-order valence-corrected chi connectivity index (χ4v) is 2.27. The zero-order valence-electron chi connectivity index (χ0n) is 11.9. The minimum absolute atomic E-state index is 0.0750. The van der Waals surface area contributed by atoms with E-state index in [1.165, 1.54) is 0 Å². The van der Waals surface area contributed by atoms with Crippen molar-refractivity contribution >= 4 is 5.82 Å². The van der Waals surface area contributed by atoms with Crippen LogP contribution in [0.1, 0.15) is 26.3 Å². The zero-order valence-corrected chi connectivity index (χ0v) is 11.9. The van der Waals surface area contributed by atoms with Crippen LogP contribution in [0.25, 0.3) is 0 Å². The van der Waals surface area contributed by atoms with Gasteiger partial charge in [-0.05, 0) is 26.8 Å². The number of aromatic nitrogens is 2. The maximum atomic E-state index is 12.7. The molecule has 0 unspecified atom stereocenters. The molecule has 1 aliphatic rings. The molecule has 1 aromatic heterocycles. The molecular weight excluding hydrogens is 269 g/mol. The Morgan fingerprint density at radius 1 is 1.05 bits per heavy atom. The fraction of sp³-hybridized carbons (Fsp3) is 0.692. The molecule has 112 valence electrons. The molecular formula is C13H19F3N4. The summed E-state index contributed by atoms with van der Waals surface area (Å²) in [5.74, 6) is 0.299. The molecule has 0 aromatic carbocycles. The molecule has 1 aromatic rings. The van der Waals surface area contributed by atoms with Crippen molar-refractivity contribution in [2.45, 2.75) is 32.5 Å². The van der Waals surface area contributed by atoms with Gasteiger partial charge in [0.25, 0.3) is 0 Å². The molecule has 4 nitrogen and oxygen atoms in total. The molecule has 1 aliphatic heterocycles. The Hall–Kier alpha value is -1.37. The van der Waals surface area contributed by atoms with Crippen molar-refractivity contribution in [3.8, 4) is 0 Å². The molecule has 2 heterocycles. The maximum Gasteiger partial charge on any atom is 0.418 e. The molecule has 0 radical (unpaired) electrons. The topological polar surface area (TPSA) is 32.3 Å². The van der Waals surface area contributed by atoms with Gasteiger partial charge in [0.2, 0.25) is 0 Å². The number of hydrogen-bond acceptors (Lipinski definition) is 4. The minimum atomic E-state index is -4.38. The van der Waals surface area contributed by atoms with E-state index >= 15 is 0 Å². The zero-order chi connectivity index (χ0) is 15.0. The third-order valence-corrected chi connectivity index (χ3v) is 3.52. The van der Waals surface area contributed by atoms with Gasteiger partial charge in [-0.1, -0.05) is 0 Å². The van der Waals surface area contributed by atoms with Crippen LogP contribution in [0, 0.1) is 0 Å². The van der Waals surface area contributed by atoms with Gasteiger partial charge in [-0.2, -0.15) is 18.3 Å². The molecule has 0 saturated carbocycles. The molecule has 0 atom stereocenters. The molecule has 1 saturated heterocycles. The van der Waals surface area contributed by atoms with Crippen LogP contribution in [-0.2, 0) is 6.18 Å². The summed E-state index contributed by atoms with van der Waals surface area (Å²) in [6.07, 6.45) is -3.62. The molecule has 1 fully saturated rings. The highest BCUT2D eigenvalue weighted by molar-refractivity contribution is 5.40. The number of rotatable bonds is 1. The smallest absolute Gasteiger partial charge is 0.353 e. The van der Waals surface area contributed by atoms with E-state index in [2.05, 4.69) is 35.9 Å². The van der Waals surface area contributed by atoms with Crippen molar-refractivity contribution in [2.24, 2.45) is 0 Å². The van der Waals surface area contributed by atoms with E-state index in [0.29, 0.717) is 18.9 Å². The summed E-state index contributed by atoms with van der Waals surface area (Å²) in [4.78, 5) is 4.16. The van der Waals surface area contributed by atoms with E-state index in [9.17, 15) is 13.2 Å². The van der Waals surface area contributed by atoms with Crippen molar-refractivity contribution in [3.63, 3.8) is 0 Å². The Bertz CT molecular complexity index is 459. The fourth-order valence-electron chi connectivity index (χ4n) is 2.27. The predicted octanol–water partition coefficient (Wildman–Crippen LogP) is 2.42. The first-order valence-corrected chi connectivity index (χ1v) is 6.58. The Balaban J connectivity index is 2.08. The first-order chi connectivity index (χ1) is 9.18. The predicted molar refractivity (Wildman–Crippen MR) is 70.6 cm³/mol. The first-order valence-electron chi connectivity index (χ1n) is 6.58.